The van der Waals surface area contributed by atoms with Crippen LogP contribution in [0.4, 0.5) is 0 Å². The first kappa shape index (κ1) is 9.89. The summed E-state index contributed by atoms with van der Waals surface area (Å²) in [5, 5.41) is 0. The largest absolute Gasteiger partial charge is 4.00 e. The molecule has 0 radical (unpaired) electrons. The Morgan fingerprint density at radius 1 is 1.33 bits per heavy atom. The van der Waals surface area contributed by atoms with Crippen molar-refractivity contribution in [1.29, 1.82) is 0 Å². The predicted molar refractivity (Wildman–Crippen MR) is 11.6 cm³/mol. The normalized spacial score (nSPS) is 9.67. The van der Waals surface area contributed by atoms with E-state index in [1.54, 1.807) is 0 Å². The average molecular weight is 188 g/mol. The molecule has 0 aliphatic rings. The molecule has 0 bridgehead atoms. The van der Waals surface area contributed by atoms with Gasteiger partial charge in [0.15, 0.2) is 0 Å². The molecule has 0 spiro atoms. The van der Waals surface area contributed by atoms with Crippen LogP contribution in [0.25, 0.3) is 0 Å². The second kappa shape index (κ2) is 2.85. The summed E-state index contributed by atoms with van der Waals surface area (Å²) in [5.74, 6) is 0. The maximum absolute atomic E-state index is 8.52. The van der Waals surface area contributed by atoms with E-state index in [1.807, 2.05) is 0 Å². The van der Waals surface area contributed by atoms with Gasteiger partial charge < -0.3 is 9.11 Å². The minimum absolute atomic E-state index is 0. The molecular weight excluding hydrogens is 187 g/mol. The van der Waals surface area contributed by atoms with Gasteiger partial charge in [0.05, 0.1) is 0 Å². The molecule has 0 atom stereocenters. The second-order valence-corrected chi connectivity index (χ2v) is 1.22. The quantitative estimate of drug-likeness (QED) is 0.352. The van der Waals surface area contributed by atoms with E-state index in [2.05, 4.69) is 0 Å². The summed E-state index contributed by atoms with van der Waals surface area (Å²) in [4.78, 5) is 0. The van der Waals surface area contributed by atoms with E-state index < -0.39 is 10.4 Å². The Morgan fingerprint density at radius 3 is 1.33 bits per heavy atom. The van der Waals surface area contributed by atoms with Crippen LogP contribution < -0.4 is 0 Å². The van der Waals surface area contributed by atoms with Crippen LogP contribution in [0.3, 0.4) is 0 Å². The zero-order valence-corrected chi connectivity index (χ0v) is 5.82. The van der Waals surface area contributed by atoms with Crippen LogP contribution in [-0.4, -0.2) is 17.5 Å². The fraction of sp³-hybridized carbons (Fsp3) is 0. The van der Waals surface area contributed by atoms with Crippen molar-refractivity contribution in [3.63, 3.8) is 0 Å². The van der Waals surface area contributed by atoms with Gasteiger partial charge in [0.2, 0.25) is 0 Å². The van der Waals surface area contributed by atoms with Gasteiger partial charge in [-0.1, -0.05) is 0 Å². The maximum atomic E-state index is 8.52. The van der Waals surface area contributed by atoms with E-state index in [0.29, 0.717) is 0 Å². The Hall–Kier alpha value is 0.753. The van der Waals surface area contributed by atoms with Gasteiger partial charge in [-0.2, -0.15) is 0 Å². The maximum Gasteiger partial charge on any atom is 4.00 e. The van der Waals surface area contributed by atoms with Gasteiger partial charge in [-0.05, 0) is 0 Å². The van der Waals surface area contributed by atoms with Crippen LogP contribution in [0.5, 0.6) is 0 Å². The fourth-order valence-electron chi connectivity index (χ4n) is 0. The van der Waals surface area contributed by atoms with Crippen LogP contribution in [0.15, 0.2) is 0 Å². The Labute approximate surface area is 55.7 Å². The van der Waals surface area contributed by atoms with Crippen molar-refractivity contribution in [2.75, 3.05) is 0 Å². The molecule has 6 heavy (non-hydrogen) atoms. The summed E-state index contributed by atoms with van der Waals surface area (Å²) < 4.78 is 34.1. The van der Waals surface area contributed by atoms with Crippen molar-refractivity contribution < 1.29 is 45.2 Å². The van der Waals surface area contributed by atoms with Gasteiger partial charge in [0, 0.05) is 10.4 Å². The van der Waals surface area contributed by atoms with Crippen molar-refractivity contribution in [3.8, 4) is 0 Å². The van der Waals surface area contributed by atoms with Gasteiger partial charge in [-0.3, -0.25) is 8.42 Å². The van der Waals surface area contributed by atoms with Crippen molar-refractivity contribution >= 4 is 10.4 Å². The predicted octanol–water partition coefficient (Wildman–Crippen LogP) is -1.23. The van der Waals surface area contributed by atoms with E-state index in [-0.39, 0.29) is 27.6 Å². The molecule has 32 valence electrons. The molecule has 0 aliphatic heterocycles. The molecule has 0 aliphatic carbocycles. The first-order valence-electron chi connectivity index (χ1n) is 0.667. The van der Waals surface area contributed by atoms with Gasteiger partial charge in [-0.15, -0.1) is 0 Å². The summed E-state index contributed by atoms with van der Waals surface area (Å²) in [6, 6.07) is 0. The van der Waals surface area contributed by atoms with E-state index in [4.69, 9.17) is 17.5 Å². The molecule has 0 amide bonds. The van der Waals surface area contributed by atoms with Crippen LogP contribution in [0.2, 0.25) is 0 Å². The van der Waals surface area contributed by atoms with Crippen molar-refractivity contribution in [3.05, 3.63) is 0 Å². The summed E-state index contributed by atoms with van der Waals surface area (Å²) in [6.07, 6.45) is 0. The Balaban J connectivity index is -0.0000000800. The molecule has 0 aromatic heterocycles. The fourth-order valence-corrected chi connectivity index (χ4v) is 0. The van der Waals surface area contributed by atoms with Crippen molar-refractivity contribution in [2.45, 2.75) is 0 Å². The molecule has 6 heteroatoms. The third kappa shape index (κ3) is 118. The topological polar surface area (TPSA) is 80.3 Å². The van der Waals surface area contributed by atoms with E-state index >= 15 is 0 Å². The summed E-state index contributed by atoms with van der Waals surface area (Å²) in [5.41, 5.74) is 0. The number of hydrogen-bond acceptors (Lipinski definition) is 4. The monoisotopic (exact) mass is 187 g/mol. The van der Waals surface area contributed by atoms with Gasteiger partial charge >= 0.3 is 27.6 Å². The zero-order valence-electron chi connectivity index (χ0n) is 3.54. The minimum atomic E-state index is -5.17. The smallest absolute Gasteiger partial charge is 0.759 e. The molecule has 0 saturated heterocycles. The van der Waals surface area contributed by atoms with Gasteiger partial charge in [0.25, 0.3) is 0 Å². The van der Waals surface area contributed by atoms with Crippen LogP contribution in [0.1, 0.15) is 1.43 Å². The third-order valence-corrected chi connectivity index (χ3v) is 0. The van der Waals surface area contributed by atoms with Crippen LogP contribution >= 0.6 is 0 Å². The Bertz CT molecular complexity index is 94.9. The molecule has 0 rings (SSSR count). The molecular formula is HO4SZr+3. The average Bonchev–Trinajstić information content (AvgIpc) is 0.722. The first-order chi connectivity index (χ1) is 2.00. The summed E-state index contributed by atoms with van der Waals surface area (Å²) >= 11 is 0. The van der Waals surface area contributed by atoms with E-state index in [9.17, 15) is 0 Å². The molecule has 0 fully saturated rings. The molecule has 0 heterocycles. The molecule has 0 unspecified atom stereocenters. The van der Waals surface area contributed by atoms with Crippen LogP contribution in [-0.2, 0) is 36.6 Å². The van der Waals surface area contributed by atoms with Gasteiger partial charge in [0.1, 0.15) is 0 Å². The standard InChI is InChI=1S/H2O4S.Zr/c1-5(2,3)4;/h(H2,1,2,3,4);/q;+4/p-1. The minimum Gasteiger partial charge on any atom is -0.759 e. The van der Waals surface area contributed by atoms with Crippen LogP contribution in [0, 0.1) is 0 Å². The van der Waals surface area contributed by atoms with E-state index in [0.717, 1.165) is 0 Å². The van der Waals surface area contributed by atoms with Crippen molar-refractivity contribution in [1.82, 2.24) is 0 Å². The second-order valence-electron chi connectivity index (χ2n) is 0.408. The summed E-state index contributed by atoms with van der Waals surface area (Å²) in [7, 11) is -5.17. The molecule has 0 aromatic carbocycles. The van der Waals surface area contributed by atoms with Crippen molar-refractivity contribution in [2.24, 2.45) is 0 Å². The van der Waals surface area contributed by atoms with E-state index in [1.165, 1.54) is 0 Å². The van der Waals surface area contributed by atoms with Gasteiger partial charge in [-0.25, -0.2) is 0 Å². The molecule has 0 aromatic rings. The summed E-state index contributed by atoms with van der Waals surface area (Å²) in [6.45, 7) is 0. The Kier molecular flexibility index (Phi) is 4.70. The molecule has 0 N–H and O–H groups in total. The Morgan fingerprint density at radius 2 is 1.33 bits per heavy atom. The molecule has 4 nitrogen and oxygen atoms in total. The number of hydrogen-bond donors (Lipinski definition) is 0. The first-order valence-corrected chi connectivity index (χ1v) is 2.00. The SMILES string of the molecule is O=S(=O)([O-])[O-].[H+].[Zr+4]. The number of rotatable bonds is 0. The zero-order chi connectivity index (χ0) is 4.50. The third-order valence-electron chi connectivity index (χ3n) is 0. The molecule has 0 saturated carbocycles.